The molecule has 0 aromatic rings. The molecule has 5 nitrogen and oxygen atoms in total. The van der Waals surface area contributed by atoms with Crippen molar-refractivity contribution in [3.63, 3.8) is 0 Å². The molecule has 2 fully saturated rings. The van der Waals surface area contributed by atoms with E-state index in [2.05, 4.69) is 23.6 Å². The first-order chi connectivity index (χ1) is 9.63. The number of piperazine rings is 1. The molecule has 0 saturated carbocycles. The molecular weight excluding hydrogens is 254 g/mol. The molecule has 0 radical (unpaired) electrons. The molecule has 2 saturated heterocycles. The van der Waals surface area contributed by atoms with Gasteiger partial charge in [-0.1, -0.05) is 0 Å². The summed E-state index contributed by atoms with van der Waals surface area (Å²) in [7, 11) is 1.75. The maximum absolute atomic E-state index is 12.5. The highest BCUT2D eigenvalue weighted by molar-refractivity contribution is 5.81. The largest absolute Gasteiger partial charge is 0.383 e. The van der Waals surface area contributed by atoms with Gasteiger partial charge in [-0.25, -0.2) is 0 Å². The normalized spacial score (nSPS) is 26.9. The van der Waals surface area contributed by atoms with Gasteiger partial charge in [0.1, 0.15) is 0 Å². The van der Waals surface area contributed by atoms with Crippen LogP contribution in [0.3, 0.4) is 0 Å². The molecule has 2 aliphatic heterocycles. The predicted octanol–water partition coefficient (Wildman–Crippen LogP) is 0.650. The van der Waals surface area contributed by atoms with Gasteiger partial charge in [-0.05, 0) is 26.7 Å². The van der Waals surface area contributed by atoms with E-state index in [-0.39, 0.29) is 6.04 Å². The van der Waals surface area contributed by atoms with Crippen LogP contribution in [-0.4, -0.2) is 85.7 Å². The molecule has 20 heavy (non-hydrogen) atoms. The Morgan fingerprint density at radius 1 is 1.25 bits per heavy atom. The lowest BCUT2D eigenvalue weighted by Gasteiger charge is -2.42. The quantitative estimate of drug-likeness (QED) is 0.742. The topological polar surface area (TPSA) is 36.0 Å². The van der Waals surface area contributed by atoms with Gasteiger partial charge in [0.15, 0.2) is 0 Å². The fourth-order valence-corrected chi connectivity index (χ4v) is 3.27. The van der Waals surface area contributed by atoms with Gasteiger partial charge < -0.3 is 9.64 Å². The molecule has 116 valence electrons. The smallest absolute Gasteiger partial charge is 0.239 e. The van der Waals surface area contributed by atoms with Crippen molar-refractivity contribution in [3.8, 4) is 0 Å². The van der Waals surface area contributed by atoms with Crippen LogP contribution >= 0.6 is 0 Å². The van der Waals surface area contributed by atoms with E-state index in [0.29, 0.717) is 11.9 Å². The summed E-state index contributed by atoms with van der Waals surface area (Å²) in [4.78, 5) is 19.3. The summed E-state index contributed by atoms with van der Waals surface area (Å²) < 4.78 is 5.16. The van der Waals surface area contributed by atoms with E-state index in [4.69, 9.17) is 4.74 Å². The van der Waals surface area contributed by atoms with Crippen LogP contribution in [0.1, 0.15) is 26.7 Å². The second kappa shape index (κ2) is 7.38. The van der Waals surface area contributed by atoms with Gasteiger partial charge in [-0.15, -0.1) is 0 Å². The average molecular weight is 283 g/mol. The average Bonchev–Trinajstić information content (AvgIpc) is 2.98. The Labute approximate surface area is 122 Å². The molecule has 2 rings (SSSR count). The highest BCUT2D eigenvalue weighted by Gasteiger charge is 2.32. The molecule has 0 N–H and O–H groups in total. The molecule has 0 aromatic carbocycles. The molecule has 0 spiro atoms. The van der Waals surface area contributed by atoms with Gasteiger partial charge >= 0.3 is 0 Å². The van der Waals surface area contributed by atoms with Gasteiger partial charge in [0, 0.05) is 52.4 Å². The van der Waals surface area contributed by atoms with Crippen LogP contribution in [0, 0.1) is 0 Å². The number of likely N-dealkylation sites (tertiary alicyclic amines) is 1. The van der Waals surface area contributed by atoms with E-state index < -0.39 is 0 Å². The second-order valence-electron chi connectivity index (χ2n) is 6.08. The number of rotatable bonds is 5. The Morgan fingerprint density at radius 2 is 1.95 bits per heavy atom. The minimum atomic E-state index is 0.0279. The third-order valence-corrected chi connectivity index (χ3v) is 4.70. The highest BCUT2D eigenvalue weighted by Crippen LogP contribution is 2.16. The maximum Gasteiger partial charge on any atom is 0.239 e. The van der Waals surface area contributed by atoms with Crippen molar-refractivity contribution < 1.29 is 9.53 Å². The standard InChI is InChI=1S/C15H29N3O2/c1-13-12-18(9-8-16(13)10-11-20-3)14(2)15(19)17-6-4-5-7-17/h13-14H,4-12H2,1-3H3/t13-,14+/m1/s1. The molecule has 1 amide bonds. The fourth-order valence-electron chi connectivity index (χ4n) is 3.27. The monoisotopic (exact) mass is 283 g/mol. The Hall–Kier alpha value is -0.650. The van der Waals surface area contributed by atoms with E-state index in [1.165, 1.54) is 12.8 Å². The first-order valence-electron chi connectivity index (χ1n) is 7.89. The van der Waals surface area contributed by atoms with Gasteiger partial charge in [0.2, 0.25) is 5.91 Å². The Kier molecular flexibility index (Phi) is 5.81. The van der Waals surface area contributed by atoms with Crippen molar-refractivity contribution in [1.29, 1.82) is 0 Å². The van der Waals surface area contributed by atoms with Crippen LogP contribution in [0.2, 0.25) is 0 Å². The van der Waals surface area contributed by atoms with Crippen LogP contribution in [0.5, 0.6) is 0 Å². The summed E-state index contributed by atoms with van der Waals surface area (Å²) in [5.41, 5.74) is 0. The van der Waals surface area contributed by atoms with Crippen LogP contribution in [0.15, 0.2) is 0 Å². The zero-order valence-electron chi connectivity index (χ0n) is 13.2. The Morgan fingerprint density at radius 3 is 2.55 bits per heavy atom. The number of ether oxygens (including phenoxy) is 1. The third-order valence-electron chi connectivity index (χ3n) is 4.70. The van der Waals surface area contributed by atoms with Crippen molar-refractivity contribution in [2.45, 2.75) is 38.8 Å². The van der Waals surface area contributed by atoms with Crippen molar-refractivity contribution in [1.82, 2.24) is 14.7 Å². The van der Waals surface area contributed by atoms with Gasteiger partial charge in [-0.2, -0.15) is 0 Å². The summed E-state index contributed by atoms with van der Waals surface area (Å²) in [5.74, 6) is 0.319. The molecule has 0 unspecified atom stereocenters. The summed E-state index contributed by atoms with van der Waals surface area (Å²) in [6, 6.07) is 0.521. The number of nitrogens with zero attached hydrogens (tertiary/aromatic N) is 3. The van der Waals surface area contributed by atoms with E-state index >= 15 is 0 Å². The molecule has 2 atom stereocenters. The lowest BCUT2D eigenvalue weighted by Crippen LogP contribution is -2.57. The molecule has 2 heterocycles. The summed E-state index contributed by atoms with van der Waals surface area (Å²) >= 11 is 0. The minimum absolute atomic E-state index is 0.0279. The Bertz CT molecular complexity index is 318. The number of hydrogen-bond donors (Lipinski definition) is 0. The van der Waals surface area contributed by atoms with Crippen molar-refractivity contribution in [2.24, 2.45) is 0 Å². The van der Waals surface area contributed by atoms with Gasteiger partial charge in [0.25, 0.3) is 0 Å². The zero-order valence-corrected chi connectivity index (χ0v) is 13.2. The molecule has 2 aliphatic rings. The predicted molar refractivity (Wildman–Crippen MR) is 79.8 cm³/mol. The van der Waals surface area contributed by atoms with E-state index in [1.54, 1.807) is 7.11 Å². The van der Waals surface area contributed by atoms with E-state index in [1.807, 2.05) is 4.90 Å². The van der Waals surface area contributed by atoms with Gasteiger partial charge in [-0.3, -0.25) is 14.6 Å². The number of carbonyl (C=O) groups is 1. The Balaban J connectivity index is 1.83. The van der Waals surface area contributed by atoms with Crippen molar-refractivity contribution in [3.05, 3.63) is 0 Å². The summed E-state index contributed by atoms with van der Waals surface area (Å²) in [5, 5.41) is 0. The molecular formula is C15H29N3O2. The molecule has 0 aliphatic carbocycles. The van der Waals surface area contributed by atoms with Crippen molar-refractivity contribution >= 4 is 5.91 Å². The first kappa shape index (κ1) is 15.7. The van der Waals surface area contributed by atoms with Crippen LogP contribution in [-0.2, 0) is 9.53 Å². The number of hydrogen-bond acceptors (Lipinski definition) is 4. The highest BCUT2D eigenvalue weighted by atomic mass is 16.5. The summed E-state index contributed by atoms with van der Waals surface area (Å²) in [6.45, 7) is 11.0. The van der Waals surface area contributed by atoms with Crippen LogP contribution < -0.4 is 0 Å². The number of carbonyl (C=O) groups excluding carboxylic acids is 1. The van der Waals surface area contributed by atoms with E-state index in [0.717, 1.165) is 45.9 Å². The van der Waals surface area contributed by atoms with Crippen LogP contribution in [0.4, 0.5) is 0 Å². The second-order valence-corrected chi connectivity index (χ2v) is 6.08. The third kappa shape index (κ3) is 3.71. The number of methoxy groups -OCH3 is 1. The van der Waals surface area contributed by atoms with Crippen LogP contribution in [0.25, 0.3) is 0 Å². The zero-order chi connectivity index (χ0) is 14.5. The molecule has 0 bridgehead atoms. The SMILES string of the molecule is COCCN1CCN([C@@H](C)C(=O)N2CCCC2)C[C@H]1C. The lowest BCUT2D eigenvalue weighted by atomic mass is 10.1. The van der Waals surface area contributed by atoms with Crippen molar-refractivity contribution in [2.75, 3.05) is 53.0 Å². The summed E-state index contributed by atoms with van der Waals surface area (Å²) in [6.07, 6.45) is 2.33. The molecule has 5 heteroatoms. The lowest BCUT2D eigenvalue weighted by molar-refractivity contribution is -0.136. The van der Waals surface area contributed by atoms with Gasteiger partial charge in [0.05, 0.1) is 12.6 Å². The molecule has 0 aromatic heterocycles. The minimum Gasteiger partial charge on any atom is -0.383 e. The fraction of sp³-hybridized carbons (Fsp3) is 0.933. The first-order valence-corrected chi connectivity index (χ1v) is 7.89. The van der Waals surface area contributed by atoms with E-state index in [9.17, 15) is 4.79 Å². The number of amides is 1. The maximum atomic E-state index is 12.5.